The van der Waals surface area contributed by atoms with E-state index in [9.17, 15) is 0 Å². The Kier molecular flexibility index (Phi) is 7.09. The summed E-state index contributed by atoms with van der Waals surface area (Å²) in [5.74, 6) is 2.60. The third-order valence-electron chi connectivity index (χ3n) is 6.58. The molecule has 1 atom stereocenters. The molecular formula is C24H36N8. The number of likely N-dealkylation sites (N-methyl/N-ethyl adjacent to an activating group) is 1. The minimum atomic E-state index is 0.501. The van der Waals surface area contributed by atoms with E-state index in [-0.39, 0.29) is 0 Å². The van der Waals surface area contributed by atoms with Crippen LogP contribution in [0.4, 0.5) is 0 Å². The van der Waals surface area contributed by atoms with Crippen LogP contribution in [0.3, 0.4) is 0 Å². The Morgan fingerprint density at radius 1 is 1.25 bits per heavy atom. The molecule has 1 fully saturated rings. The molecule has 4 rings (SSSR count). The Labute approximate surface area is 190 Å². The third-order valence-corrected chi connectivity index (χ3v) is 6.58. The van der Waals surface area contributed by atoms with Gasteiger partial charge in [-0.15, -0.1) is 10.2 Å². The van der Waals surface area contributed by atoms with Crippen LogP contribution in [0.25, 0.3) is 10.9 Å². The molecule has 0 aliphatic carbocycles. The predicted molar refractivity (Wildman–Crippen MR) is 130 cm³/mol. The topological polar surface area (TPSA) is 86.2 Å². The highest BCUT2D eigenvalue weighted by molar-refractivity contribution is 5.84. The van der Waals surface area contributed by atoms with Gasteiger partial charge in [0.15, 0.2) is 11.8 Å². The number of aromatic nitrogens is 4. The number of aryl methyl sites for hydroxylation is 2. The maximum absolute atomic E-state index is 4.82. The van der Waals surface area contributed by atoms with Gasteiger partial charge in [0.25, 0.3) is 0 Å². The standard InChI is InChI=1S/C24H36N8/c1-5-32-12-6-7-20(32)15-27-24(28-16-23-30-29-18(3)31(23)4)25-11-10-19-14-26-22-13-17(2)8-9-21(19)22/h8-9,13-14,20,26H,5-7,10-12,15-16H2,1-4H3,(H2,25,27,28). The summed E-state index contributed by atoms with van der Waals surface area (Å²) in [5, 5.41) is 16.8. The van der Waals surface area contributed by atoms with Crippen molar-refractivity contribution in [2.75, 3.05) is 26.2 Å². The number of guanidine groups is 1. The summed E-state index contributed by atoms with van der Waals surface area (Å²) in [6.07, 6.45) is 5.57. The molecule has 172 valence electrons. The van der Waals surface area contributed by atoms with Gasteiger partial charge in [0.1, 0.15) is 12.4 Å². The fraction of sp³-hybridized carbons (Fsp3) is 0.542. The second-order valence-corrected chi connectivity index (χ2v) is 8.73. The zero-order valence-corrected chi connectivity index (χ0v) is 19.8. The van der Waals surface area contributed by atoms with E-state index in [2.05, 4.69) is 69.0 Å². The molecule has 1 aliphatic heterocycles. The van der Waals surface area contributed by atoms with E-state index in [4.69, 9.17) is 4.99 Å². The van der Waals surface area contributed by atoms with Crippen molar-refractivity contribution < 1.29 is 0 Å². The summed E-state index contributed by atoms with van der Waals surface area (Å²) in [4.78, 5) is 10.8. The van der Waals surface area contributed by atoms with Gasteiger partial charge < -0.3 is 20.2 Å². The van der Waals surface area contributed by atoms with Crippen LogP contribution in [-0.2, 0) is 20.0 Å². The van der Waals surface area contributed by atoms with Gasteiger partial charge in [-0.2, -0.15) is 0 Å². The van der Waals surface area contributed by atoms with Crippen molar-refractivity contribution in [3.63, 3.8) is 0 Å². The first-order valence-corrected chi connectivity index (χ1v) is 11.7. The molecule has 8 heteroatoms. The molecule has 3 heterocycles. The summed E-state index contributed by atoms with van der Waals surface area (Å²) in [6, 6.07) is 7.15. The Morgan fingerprint density at radius 3 is 2.91 bits per heavy atom. The highest BCUT2D eigenvalue weighted by atomic mass is 15.3. The average Bonchev–Trinajstić information content (AvgIpc) is 3.49. The number of H-pyrrole nitrogens is 1. The summed E-state index contributed by atoms with van der Waals surface area (Å²) < 4.78 is 1.99. The molecule has 1 unspecified atom stereocenters. The smallest absolute Gasteiger partial charge is 0.191 e. The van der Waals surface area contributed by atoms with Crippen molar-refractivity contribution in [3.05, 3.63) is 47.2 Å². The highest BCUT2D eigenvalue weighted by Gasteiger charge is 2.22. The number of rotatable bonds is 8. The number of fused-ring (bicyclic) bond motifs is 1. The van der Waals surface area contributed by atoms with E-state index in [1.54, 1.807) is 0 Å². The molecule has 1 aromatic carbocycles. The number of hydrogen-bond donors (Lipinski definition) is 3. The Bertz CT molecular complexity index is 1060. The second-order valence-electron chi connectivity index (χ2n) is 8.73. The van der Waals surface area contributed by atoms with E-state index < -0.39 is 0 Å². The third kappa shape index (κ3) is 5.12. The first-order valence-electron chi connectivity index (χ1n) is 11.7. The summed E-state index contributed by atoms with van der Waals surface area (Å²) in [6.45, 7) is 10.8. The van der Waals surface area contributed by atoms with Crippen molar-refractivity contribution >= 4 is 16.9 Å². The SMILES string of the molecule is CCN1CCCC1CNC(=NCc1nnc(C)n1C)NCCc1c[nH]c2cc(C)ccc12. The molecular weight excluding hydrogens is 400 g/mol. The lowest BCUT2D eigenvalue weighted by molar-refractivity contribution is 0.267. The Morgan fingerprint density at radius 2 is 2.12 bits per heavy atom. The first kappa shape index (κ1) is 22.3. The van der Waals surface area contributed by atoms with Crippen molar-refractivity contribution in [2.45, 2.75) is 52.6 Å². The van der Waals surface area contributed by atoms with Crippen LogP contribution in [-0.4, -0.2) is 62.8 Å². The van der Waals surface area contributed by atoms with Crippen LogP contribution in [0.2, 0.25) is 0 Å². The summed E-state index contributed by atoms with van der Waals surface area (Å²) in [7, 11) is 1.98. The molecule has 1 aliphatic rings. The predicted octanol–water partition coefficient (Wildman–Crippen LogP) is 2.68. The van der Waals surface area contributed by atoms with Crippen LogP contribution >= 0.6 is 0 Å². The fourth-order valence-electron chi connectivity index (χ4n) is 4.49. The Balaban J connectivity index is 1.40. The number of hydrogen-bond acceptors (Lipinski definition) is 4. The number of nitrogens with one attached hydrogen (secondary N) is 3. The number of aromatic amines is 1. The lowest BCUT2D eigenvalue weighted by atomic mass is 10.1. The van der Waals surface area contributed by atoms with Gasteiger partial charge in [-0.25, -0.2) is 4.99 Å². The molecule has 2 aromatic heterocycles. The van der Waals surface area contributed by atoms with Crippen LogP contribution in [0.1, 0.15) is 42.5 Å². The van der Waals surface area contributed by atoms with Gasteiger partial charge >= 0.3 is 0 Å². The van der Waals surface area contributed by atoms with E-state index in [0.29, 0.717) is 12.6 Å². The number of nitrogens with zero attached hydrogens (tertiary/aromatic N) is 5. The van der Waals surface area contributed by atoms with E-state index >= 15 is 0 Å². The minimum absolute atomic E-state index is 0.501. The van der Waals surface area contributed by atoms with E-state index in [0.717, 1.165) is 43.7 Å². The van der Waals surface area contributed by atoms with Gasteiger partial charge in [0, 0.05) is 43.3 Å². The highest BCUT2D eigenvalue weighted by Crippen LogP contribution is 2.19. The molecule has 1 saturated heterocycles. The summed E-state index contributed by atoms with van der Waals surface area (Å²) >= 11 is 0. The molecule has 8 nitrogen and oxygen atoms in total. The van der Waals surface area contributed by atoms with Crippen molar-refractivity contribution in [3.8, 4) is 0 Å². The van der Waals surface area contributed by atoms with Crippen LogP contribution in [0.15, 0.2) is 29.4 Å². The molecule has 32 heavy (non-hydrogen) atoms. The lowest BCUT2D eigenvalue weighted by Crippen LogP contribution is -2.45. The maximum atomic E-state index is 4.82. The Hall–Kier alpha value is -2.87. The first-order chi connectivity index (χ1) is 15.5. The molecule has 0 amide bonds. The van der Waals surface area contributed by atoms with Crippen molar-refractivity contribution in [2.24, 2.45) is 12.0 Å². The quantitative estimate of drug-likeness (QED) is 0.373. The van der Waals surface area contributed by atoms with Crippen molar-refractivity contribution in [1.82, 2.24) is 35.3 Å². The monoisotopic (exact) mass is 436 g/mol. The van der Waals surface area contributed by atoms with Gasteiger partial charge in [-0.3, -0.25) is 4.90 Å². The fourth-order valence-corrected chi connectivity index (χ4v) is 4.49. The van der Waals surface area contributed by atoms with E-state index in [1.807, 2.05) is 18.5 Å². The van der Waals surface area contributed by atoms with Crippen LogP contribution in [0, 0.1) is 13.8 Å². The molecule has 0 radical (unpaired) electrons. The molecule has 0 bridgehead atoms. The van der Waals surface area contributed by atoms with Gasteiger partial charge in [-0.1, -0.05) is 19.1 Å². The second kappa shape index (κ2) is 10.2. The zero-order chi connectivity index (χ0) is 22.5. The number of aliphatic imine (C=N–C) groups is 1. The molecule has 0 saturated carbocycles. The van der Waals surface area contributed by atoms with Gasteiger partial charge in [-0.05, 0) is 63.4 Å². The molecule has 3 aromatic rings. The van der Waals surface area contributed by atoms with Gasteiger partial charge in [0.2, 0.25) is 0 Å². The normalized spacial score (nSPS) is 17.4. The molecule has 3 N–H and O–H groups in total. The van der Waals surface area contributed by atoms with Gasteiger partial charge in [0.05, 0.1) is 0 Å². The minimum Gasteiger partial charge on any atom is -0.361 e. The maximum Gasteiger partial charge on any atom is 0.191 e. The largest absolute Gasteiger partial charge is 0.361 e. The molecule has 0 spiro atoms. The average molecular weight is 437 g/mol. The lowest BCUT2D eigenvalue weighted by Gasteiger charge is -2.24. The van der Waals surface area contributed by atoms with Crippen LogP contribution in [0.5, 0.6) is 0 Å². The number of benzene rings is 1. The van der Waals surface area contributed by atoms with Crippen molar-refractivity contribution in [1.29, 1.82) is 0 Å². The van der Waals surface area contributed by atoms with E-state index in [1.165, 1.54) is 41.4 Å². The summed E-state index contributed by atoms with van der Waals surface area (Å²) in [5.41, 5.74) is 3.80. The number of likely N-dealkylation sites (tertiary alicyclic amines) is 1. The zero-order valence-electron chi connectivity index (χ0n) is 19.8. The van der Waals surface area contributed by atoms with Crippen LogP contribution < -0.4 is 10.6 Å².